The molecule has 1 aliphatic rings. The van der Waals surface area contributed by atoms with Crippen molar-refractivity contribution in [3.8, 4) is 0 Å². The molecule has 24 heavy (non-hydrogen) atoms. The minimum Gasteiger partial charge on any atom is -0.326 e. The van der Waals surface area contributed by atoms with E-state index < -0.39 is 0 Å². The third-order valence-electron chi connectivity index (χ3n) is 3.91. The van der Waals surface area contributed by atoms with E-state index in [2.05, 4.69) is 5.32 Å². The molecule has 0 radical (unpaired) electrons. The molecule has 6 heteroatoms. The summed E-state index contributed by atoms with van der Waals surface area (Å²) in [6.45, 7) is 0.745. The van der Waals surface area contributed by atoms with Crippen molar-refractivity contribution in [3.05, 3.63) is 46.7 Å². The first-order valence-corrected chi connectivity index (χ1v) is 8.78. The number of carbonyl (C=O) groups is 3. The number of amides is 2. The Morgan fingerprint density at radius 2 is 1.92 bits per heavy atom. The van der Waals surface area contributed by atoms with E-state index in [4.69, 9.17) is 0 Å². The summed E-state index contributed by atoms with van der Waals surface area (Å²) < 4.78 is 0. The van der Waals surface area contributed by atoms with Gasteiger partial charge in [0.05, 0.1) is 4.88 Å². The summed E-state index contributed by atoms with van der Waals surface area (Å²) in [4.78, 5) is 38.0. The maximum absolute atomic E-state index is 12.0. The van der Waals surface area contributed by atoms with Gasteiger partial charge in [-0.2, -0.15) is 0 Å². The molecule has 2 amide bonds. The van der Waals surface area contributed by atoms with Crippen molar-refractivity contribution < 1.29 is 14.4 Å². The maximum Gasteiger partial charge on any atom is 0.227 e. The molecule has 0 saturated carbocycles. The molecule has 1 aliphatic heterocycles. The van der Waals surface area contributed by atoms with Crippen molar-refractivity contribution >= 4 is 40.3 Å². The molecule has 0 aliphatic carbocycles. The van der Waals surface area contributed by atoms with Gasteiger partial charge in [0.2, 0.25) is 11.8 Å². The molecule has 0 bridgehead atoms. The van der Waals surface area contributed by atoms with E-state index in [9.17, 15) is 14.4 Å². The number of benzene rings is 1. The molecule has 124 valence electrons. The predicted octanol–water partition coefficient (Wildman–Crippen LogP) is 3.48. The molecular weight excluding hydrogens is 324 g/mol. The number of rotatable bonds is 6. The predicted molar refractivity (Wildman–Crippen MR) is 94.5 cm³/mol. The van der Waals surface area contributed by atoms with Crippen LogP contribution >= 0.6 is 11.3 Å². The van der Waals surface area contributed by atoms with E-state index in [1.165, 1.54) is 11.3 Å². The number of carbonyl (C=O) groups excluding carboxylic acids is 3. The van der Waals surface area contributed by atoms with Crippen LogP contribution in [0.1, 0.15) is 35.4 Å². The summed E-state index contributed by atoms with van der Waals surface area (Å²) in [7, 11) is 0. The Labute approximate surface area is 144 Å². The third-order valence-corrected chi connectivity index (χ3v) is 4.82. The molecule has 0 unspecified atom stereocenters. The van der Waals surface area contributed by atoms with Gasteiger partial charge in [-0.25, -0.2) is 0 Å². The molecule has 1 aromatic heterocycles. The molecule has 0 spiro atoms. The fourth-order valence-electron chi connectivity index (χ4n) is 2.66. The maximum atomic E-state index is 12.0. The topological polar surface area (TPSA) is 66.5 Å². The van der Waals surface area contributed by atoms with Gasteiger partial charge in [0.15, 0.2) is 5.78 Å². The Bertz CT molecular complexity index is 738. The molecule has 1 fully saturated rings. The van der Waals surface area contributed by atoms with Crippen molar-refractivity contribution in [2.24, 2.45) is 0 Å². The van der Waals surface area contributed by atoms with Crippen LogP contribution in [-0.2, 0) is 9.59 Å². The highest BCUT2D eigenvalue weighted by atomic mass is 32.1. The standard InChI is InChI=1S/C18H18N2O3S/c21-15(16-3-2-12-24-16)9-10-17(22)19-13-5-7-14(8-6-13)20-11-1-4-18(20)23/h2-3,5-8,12H,1,4,9-11H2,(H,19,22). The van der Waals surface area contributed by atoms with E-state index in [1.807, 2.05) is 23.6 Å². The Morgan fingerprint density at radius 3 is 2.54 bits per heavy atom. The molecule has 2 heterocycles. The van der Waals surface area contributed by atoms with Crippen LogP contribution < -0.4 is 10.2 Å². The van der Waals surface area contributed by atoms with Crippen molar-refractivity contribution in [3.63, 3.8) is 0 Å². The van der Waals surface area contributed by atoms with E-state index in [-0.39, 0.29) is 30.4 Å². The van der Waals surface area contributed by atoms with E-state index in [1.54, 1.807) is 23.1 Å². The van der Waals surface area contributed by atoms with Crippen LogP contribution in [0.25, 0.3) is 0 Å². The zero-order valence-electron chi connectivity index (χ0n) is 13.2. The second kappa shape index (κ2) is 7.40. The first kappa shape index (κ1) is 16.4. The Kier molecular flexibility index (Phi) is 5.05. The normalized spacial score (nSPS) is 14.0. The summed E-state index contributed by atoms with van der Waals surface area (Å²) in [5.41, 5.74) is 1.52. The van der Waals surface area contributed by atoms with E-state index in [0.29, 0.717) is 17.0 Å². The van der Waals surface area contributed by atoms with E-state index >= 15 is 0 Å². The number of nitrogens with zero attached hydrogens (tertiary/aromatic N) is 1. The fraction of sp³-hybridized carbons (Fsp3) is 0.278. The van der Waals surface area contributed by atoms with Crippen LogP contribution in [-0.4, -0.2) is 24.1 Å². The number of hydrogen-bond donors (Lipinski definition) is 1. The zero-order valence-corrected chi connectivity index (χ0v) is 14.0. The molecule has 5 nitrogen and oxygen atoms in total. The van der Waals surface area contributed by atoms with Crippen molar-refractivity contribution in [2.45, 2.75) is 25.7 Å². The van der Waals surface area contributed by atoms with Gasteiger partial charge in [0, 0.05) is 37.2 Å². The number of ketones is 1. The van der Waals surface area contributed by atoms with Gasteiger partial charge in [-0.3, -0.25) is 14.4 Å². The van der Waals surface area contributed by atoms with Crippen molar-refractivity contribution in [1.82, 2.24) is 0 Å². The average Bonchev–Trinajstić information content (AvgIpc) is 3.25. The number of nitrogens with one attached hydrogen (secondary N) is 1. The Morgan fingerprint density at radius 1 is 1.12 bits per heavy atom. The van der Waals surface area contributed by atoms with Gasteiger partial charge in [-0.15, -0.1) is 11.3 Å². The number of hydrogen-bond acceptors (Lipinski definition) is 4. The highest BCUT2D eigenvalue weighted by molar-refractivity contribution is 7.12. The van der Waals surface area contributed by atoms with Crippen LogP contribution in [0.15, 0.2) is 41.8 Å². The first-order chi connectivity index (χ1) is 11.6. The Balaban J connectivity index is 1.51. The smallest absolute Gasteiger partial charge is 0.227 e. The lowest BCUT2D eigenvalue weighted by Gasteiger charge is -2.16. The van der Waals surface area contributed by atoms with Crippen LogP contribution in [0.4, 0.5) is 11.4 Å². The molecular formula is C18H18N2O3S. The minimum atomic E-state index is -0.190. The fourth-order valence-corrected chi connectivity index (χ4v) is 3.35. The van der Waals surface area contributed by atoms with E-state index in [0.717, 1.165) is 18.7 Å². The van der Waals surface area contributed by atoms with Gasteiger partial charge in [-0.1, -0.05) is 6.07 Å². The Hall–Kier alpha value is -2.47. The number of anilines is 2. The molecule has 3 rings (SSSR count). The van der Waals surface area contributed by atoms with Gasteiger partial charge in [-0.05, 0) is 42.1 Å². The van der Waals surface area contributed by atoms with Crippen molar-refractivity contribution in [1.29, 1.82) is 0 Å². The summed E-state index contributed by atoms with van der Waals surface area (Å²) in [6, 6.07) is 10.8. The van der Waals surface area contributed by atoms with Gasteiger partial charge in [0.25, 0.3) is 0 Å². The zero-order chi connectivity index (χ0) is 16.9. The van der Waals surface area contributed by atoms with Crippen LogP contribution in [0.3, 0.4) is 0 Å². The third kappa shape index (κ3) is 3.89. The molecule has 1 saturated heterocycles. The largest absolute Gasteiger partial charge is 0.326 e. The monoisotopic (exact) mass is 342 g/mol. The quantitative estimate of drug-likeness (QED) is 0.817. The van der Waals surface area contributed by atoms with Gasteiger partial charge in [0.1, 0.15) is 0 Å². The summed E-state index contributed by atoms with van der Waals surface area (Å²) in [6.07, 6.45) is 1.84. The van der Waals surface area contributed by atoms with Gasteiger partial charge >= 0.3 is 0 Å². The lowest BCUT2D eigenvalue weighted by Crippen LogP contribution is -2.23. The highest BCUT2D eigenvalue weighted by Gasteiger charge is 2.21. The molecule has 2 aromatic rings. The molecule has 0 atom stereocenters. The van der Waals surface area contributed by atoms with Crippen molar-refractivity contribution in [2.75, 3.05) is 16.8 Å². The highest BCUT2D eigenvalue weighted by Crippen LogP contribution is 2.23. The lowest BCUT2D eigenvalue weighted by molar-refractivity contribution is -0.117. The summed E-state index contributed by atoms with van der Waals surface area (Å²) in [5, 5.41) is 4.63. The number of Topliss-reactive ketones (excluding diaryl/α,β-unsaturated/α-hetero) is 1. The van der Waals surface area contributed by atoms with Crippen LogP contribution in [0.5, 0.6) is 0 Å². The lowest BCUT2D eigenvalue weighted by atomic mass is 10.2. The second-order valence-electron chi connectivity index (χ2n) is 5.64. The first-order valence-electron chi connectivity index (χ1n) is 7.90. The van der Waals surface area contributed by atoms with Crippen LogP contribution in [0.2, 0.25) is 0 Å². The van der Waals surface area contributed by atoms with Gasteiger partial charge < -0.3 is 10.2 Å². The summed E-state index contributed by atoms with van der Waals surface area (Å²) >= 11 is 1.39. The van der Waals surface area contributed by atoms with Crippen LogP contribution in [0, 0.1) is 0 Å². The number of thiophene rings is 1. The average molecular weight is 342 g/mol. The SMILES string of the molecule is O=C(CCC(=O)c1cccs1)Nc1ccc(N2CCCC2=O)cc1. The molecule has 1 N–H and O–H groups in total. The molecule has 1 aromatic carbocycles. The summed E-state index contributed by atoms with van der Waals surface area (Å²) in [5.74, 6) is -0.0631. The minimum absolute atomic E-state index is 0.0111. The second-order valence-corrected chi connectivity index (χ2v) is 6.59.